The van der Waals surface area contributed by atoms with Crippen LogP contribution in [0.5, 0.6) is 0 Å². The third kappa shape index (κ3) is 7.05. The number of nitrogens with zero attached hydrogens (tertiary/aromatic N) is 2. The predicted octanol–water partition coefficient (Wildman–Crippen LogP) is -3.07. The number of aliphatic hydroxyl groups excluding tert-OH is 1. The van der Waals surface area contributed by atoms with Gasteiger partial charge in [-0.25, -0.2) is 4.98 Å². The van der Waals surface area contributed by atoms with Gasteiger partial charge in [0.2, 0.25) is 0 Å². The van der Waals surface area contributed by atoms with E-state index in [0.29, 0.717) is 6.42 Å². The van der Waals surface area contributed by atoms with Gasteiger partial charge in [-0.1, -0.05) is 25.3 Å². The van der Waals surface area contributed by atoms with Crippen molar-refractivity contribution in [3.63, 3.8) is 0 Å². The van der Waals surface area contributed by atoms with Crippen molar-refractivity contribution in [2.24, 2.45) is 0 Å². The first kappa shape index (κ1) is 19.5. The summed E-state index contributed by atoms with van der Waals surface area (Å²) in [4.78, 5) is 6.69. The van der Waals surface area contributed by atoms with Gasteiger partial charge in [0.1, 0.15) is 5.82 Å². The van der Waals surface area contributed by atoms with Crippen molar-refractivity contribution in [2.45, 2.75) is 31.8 Å². The molecule has 0 amide bonds. The summed E-state index contributed by atoms with van der Waals surface area (Å²) in [5, 5.41) is 22.1. The van der Waals surface area contributed by atoms with Gasteiger partial charge in [-0.3, -0.25) is 0 Å². The third-order valence-electron chi connectivity index (χ3n) is 3.70. The molecule has 1 aromatic rings. The first-order valence-corrected chi connectivity index (χ1v) is 7.47. The summed E-state index contributed by atoms with van der Waals surface area (Å²) in [6.45, 7) is 4.29. The fraction of sp³-hybridized carbons (Fsp3) is 0.667. The van der Waals surface area contributed by atoms with Crippen molar-refractivity contribution in [1.29, 1.82) is 0 Å². The van der Waals surface area contributed by atoms with E-state index >= 15 is 0 Å². The Morgan fingerprint density at radius 2 is 1.95 bits per heavy atom. The predicted molar refractivity (Wildman–Crippen MR) is 77.7 cm³/mol. The molecule has 0 aromatic carbocycles. The van der Waals surface area contributed by atoms with Crippen LogP contribution in [0.25, 0.3) is 0 Å². The topological polar surface area (TPSA) is 71.5 Å². The Morgan fingerprint density at radius 3 is 2.38 bits per heavy atom. The maximum absolute atomic E-state index is 9.98. The van der Waals surface area contributed by atoms with Gasteiger partial charge in [-0.15, -0.1) is 6.10 Å². The summed E-state index contributed by atoms with van der Waals surface area (Å²) >= 11 is 0. The first-order chi connectivity index (χ1) is 9.79. The Morgan fingerprint density at radius 1 is 1.29 bits per heavy atom. The van der Waals surface area contributed by atoms with Gasteiger partial charge in [-0.05, 0) is 18.1 Å². The van der Waals surface area contributed by atoms with E-state index in [1.165, 1.54) is 6.42 Å². The van der Waals surface area contributed by atoms with Crippen LogP contribution in [0.15, 0.2) is 18.3 Å². The number of pyridine rings is 1. The minimum absolute atomic E-state index is 0. The molecule has 1 saturated carbocycles. The number of anilines is 1. The number of aliphatic hydroxyl groups is 1. The van der Waals surface area contributed by atoms with Crippen LogP contribution in [0, 0.1) is 0 Å². The zero-order valence-electron chi connectivity index (χ0n) is 12.9. The number of hydrogen-bond acceptors (Lipinski definition) is 5. The van der Waals surface area contributed by atoms with Crippen LogP contribution >= 0.6 is 0 Å². The van der Waals surface area contributed by atoms with Crippen LogP contribution in [0.4, 0.5) is 5.82 Å². The van der Waals surface area contributed by atoms with E-state index in [4.69, 9.17) is 5.11 Å². The molecule has 2 heterocycles. The Hall–Kier alpha value is 0.466. The van der Waals surface area contributed by atoms with Gasteiger partial charge in [0.05, 0.1) is 0 Å². The molecule has 0 unspecified atom stereocenters. The number of nitrogens with one attached hydrogen (secondary N) is 1. The Kier molecular flexibility index (Phi) is 10.3. The van der Waals surface area contributed by atoms with Gasteiger partial charge < -0.3 is 20.4 Å². The second-order valence-electron chi connectivity index (χ2n) is 5.29. The normalized spacial score (nSPS) is 18.1. The van der Waals surface area contributed by atoms with Gasteiger partial charge >= 0.3 is 51.4 Å². The quantitative estimate of drug-likeness (QED) is 0.579. The van der Waals surface area contributed by atoms with Gasteiger partial charge in [0.25, 0.3) is 0 Å². The molecular weight excluding hydrogens is 293 g/mol. The van der Waals surface area contributed by atoms with E-state index in [0.717, 1.165) is 50.4 Å². The summed E-state index contributed by atoms with van der Waals surface area (Å²) < 4.78 is 0. The summed E-state index contributed by atoms with van der Waals surface area (Å²) in [6, 6.07) is 4.08. The molecule has 3 rings (SSSR count). The Labute approximate surface area is 169 Å². The Bertz CT molecular complexity index is 379. The molecule has 6 heteroatoms. The second kappa shape index (κ2) is 11.1. The summed E-state index contributed by atoms with van der Waals surface area (Å²) in [5.74, 6) is 1.04. The summed E-state index contributed by atoms with van der Waals surface area (Å²) in [7, 11) is 0. The molecule has 1 saturated heterocycles. The van der Waals surface area contributed by atoms with E-state index in [1.54, 1.807) is 0 Å². The maximum Gasteiger partial charge on any atom is 1.00 e. The van der Waals surface area contributed by atoms with Crippen molar-refractivity contribution < 1.29 is 61.6 Å². The largest absolute Gasteiger partial charge is 1.00 e. The SMILES string of the molecule is OCCc1ccc(N2CCNCC2)nc1.[K+].[O-]C1CCC1. The fourth-order valence-corrected chi connectivity index (χ4v) is 2.15. The molecule has 112 valence electrons. The number of rotatable bonds is 3. The zero-order chi connectivity index (χ0) is 14.2. The molecule has 1 aliphatic carbocycles. The van der Waals surface area contributed by atoms with Crippen LogP contribution in [0.1, 0.15) is 24.8 Å². The van der Waals surface area contributed by atoms with Crippen LogP contribution in [0.3, 0.4) is 0 Å². The van der Waals surface area contributed by atoms with Crippen LogP contribution in [-0.4, -0.2) is 49.0 Å². The van der Waals surface area contributed by atoms with E-state index in [1.807, 2.05) is 18.3 Å². The average molecular weight is 317 g/mol. The van der Waals surface area contributed by atoms with Gasteiger partial charge in [0, 0.05) is 39.0 Å². The number of piperazine rings is 1. The van der Waals surface area contributed by atoms with E-state index in [2.05, 4.69) is 15.2 Å². The Balaban J connectivity index is 0.000000313. The molecular formula is C15H24KN3O2. The van der Waals surface area contributed by atoms with Crippen LogP contribution in [-0.2, 0) is 6.42 Å². The standard InChI is InChI=1S/C11H17N3O.C4H7O.K/c15-8-3-10-1-2-11(13-9-10)14-6-4-12-5-7-14;5-4-2-1-3-4;/h1-2,9,12,15H,3-8H2;4H,1-3H2;/q;-1;+1. The second-order valence-corrected chi connectivity index (χ2v) is 5.29. The first-order valence-electron chi connectivity index (χ1n) is 7.47. The van der Waals surface area contributed by atoms with Crippen molar-refractivity contribution in [3.05, 3.63) is 23.9 Å². The summed E-state index contributed by atoms with van der Waals surface area (Å²) in [6.07, 6.45) is 5.39. The molecule has 2 N–H and O–H groups in total. The van der Waals surface area contributed by atoms with E-state index < -0.39 is 0 Å². The third-order valence-corrected chi connectivity index (χ3v) is 3.70. The molecule has 1 aliphatic heterocycles. The van der Waals surface area contributed by atoms with Crippen LogP contribution in [0.2, 0.25) is 0 Å². The minimum atomic E-state index is -0.185. The molecule has 2 fully saturated rings. The molecule has 0 spiro atoms. The molecule has 0 radical (unpaired) electrons. The molecule has 2 aliphatic rings. The number of aromatic nitrogens is 1. The fourth-order valence-electron chi connectivity index (χ4n) is 2.15. The van der Waals surface area contributed by atoms with Crippen molar-refractivity contribution in [1.82, 2.24) is 10.3 Å². The molecule has 1 aromatic heterocycles. The van der Waals surface area contributed by atoms with Crippen molar-refractivity contribution >= 4 is 5.82 Å². The summed E-state index contributed by atoms with van der Waals surface area (Å²) in [5.41, 5.74) is 1.09. The van der Waals surface area contributed by atoms with E-state index in [-0.39, 0.29) is 64.1 Å². The molecule has 0 atom stereocenters. The smallest absolute Gasteiger partial charge is 0.852 e. The van der Waals surface area contributed by atoms with Gasteiger partial charge in [-0.2, -0.15) is 0 Å². The van der Waals surface area contributed by atoms with Crippen molar-refractivity contribution in [3.8, 4) is 0 Å². The maximum atomic E-state index is 9.98. The van der Waals surface area contributed by atoms with Crippen LogP contribution < -0.4 is 66.7 Å². The van der Waals surface area contributed by atoms with Crippen molar-refractivity contribution in [2.75, 3.05) is 37.7 Å². The van der Waals surface area contributed by atoms with Gasteiger partial charge in [0.15, 0.2) is 0 Å². The number of hydrogen-bond donors (Lipinski definition) is 2. The molecule has 21 heavy (non-hydrogen) atoms. The zero-order valence-corrected chi connectivity index (χ0v) is 16.0. The van der Waals surface area contributed by atoms with E-state index in [9.17, 15) is 5.11 Å². The molecule has 5 nitrogen and oxygen atoms in total. The monoisotopic (exact) mass is 317 g/mol. The minimum Gasteiger partial charge on any atom is -0.852 e. The average Bonchev–Trinajstić information content (AvgIpc) is 2.48. The molecule has 0 bridgehead atoms.